The summed E-state index contributed by atoms with van der Waals surface area (Å²) in [6, 6.07) is -0.0895. The number of hydrogen-bond acceptors (Lipinski definition) is 8. The Kier molecular flexibility index (Phi) is 12.9. The average molecular weight is 593 g/mol. The number of epoxide rings is 1. The fourth-order valence-corrected chi connectivity index (χ4v) is 5.75. The lowest BCUT2D eigenvalue weighted by Crippen LogP contribution is -2.50. The second kappa shape index (κ2) is 15.9. The molecule has 8 atom stereocenters. The summed E-state index contributed by atoms with van der Waals surface area (Å²) in [4.78, 5) is 35.7. The SMILES string of the molecule is CSCCNC(=O)C[C@@H]1C[C@@]2(CO2)C[C@@H](/C=C/C(C)=C/C[C@@H]2O[C@H](C)[C@H](NC(=O)C=CC(C)OC(C)=O)C[C@@H]2C)O1. The Bertz CT molecular complexity index is 993. The van der Waals surface area contributed by atoms with Crippen LogP contribution in [-0.2, 0) is 33.3 Å². The average Bonchev–Trinajstić information content (AvgIpc) is 3.64. The van der Waals surface area contributed by atoms with Gasteiger partial charge in [-0.2, -0.15) is 11.8 Å². The second-order valence-electron chi connectivity index (χ2n) is 11.6. The Labute approximate surface area is 249 Å². The van der Waals surface area contributed by atoms with E-state index in [0.717, 1.165) is 43.6 Å². The molecule has 0 saturated carbocycles. The molecule has 9 nitrogen and oxygen atoms in total. The maximum atomic E-state index is 12.4. The molecule has 3 aliphatic heterocycles. The van der Waals surface area contributed by atoms with Crippen LogP contribution in [0.4, 0.5) is 0 Å². The normalized spacial score (nSPS) is 32.7. The summed E-state index contributed by atoms with van der Waals surface area (Å²) in [5, 5.41) is 5.99. The van der Waals surface area contributed by atoms with Gasteiger partial charge in [-0.25, -0.2) is 0 Å². The smallest absolute Gasteiger partial charge is 0.303 e. The van der Waals surface area contributed by atoms with Crippen LogP contribution in [-0.4, -0.2) is 85.1 Å². The Morgan fingerprint density at radius 3 is 2.59 bits per heavy atom. The van der Waals surface area contributed by atoms with Crippen LogP contribution >= 0.6 is 11.8 Å². The highest BCUT2D eigenvalue weighted by Gasteiger charge is 2.51. The van der Waals surface area contributed by atoms with Gasteiger partial charge in [-0.05, 0) is 51.9 Å². The molecule has 0 aromatic heterocycles. The lowest BCUT2D eigenvalue weighted by molar-refractivity contribution is -0.143. The number of thioether (sulfide) groups is 1. The van der Waals surface area contributed by atoms with Crippen molar-refractivity contribution in [3.63, 3.8) is 0 Å². The number of rotatable bonds is 13. The van der Waals surface area contributed by atoms with E-state index in [9.17, 15) is 14.4 Å². The number of esters is 1. The van der Waals surface area contributed by atoms with Crippen molar-refractivity contribution in [1.82, 2.24) is 10.6 Å². The van der Waals surface area contributed by atoms with E-state index in [1.54, 1.807) is 24.8 Å². The number of carbonyl (C=O) groups excluding carboxylic acids is 3. The quantitative estimate of drug-likeness (QED) is 0.109. The van der Waals surface area contributed by atoms with Crippen LogP contribution in [0.2, 0.25) is 0 Å². The molecule has 41 heavy (non-hydrogen) atoms. The van der Waals surface area contributed by atoms with Gasteiger partial charge in [0.15, 0.2) is 0 Å². The van der Waals surface area contributed by atoms with Gasteiger partial charge in [-0.15, -0.1) is 0 Å². The van der Waals surface area contributed by atoms with E-state index >= 15 is 0 Å². The number of ether oxygens (including phenoxy) is 4. The molecule has 1 unspecified atom stereocenters. The van der Waals surface area contributed by atoms with Crippen molar-refractivity contribution in [2.75, 3.05) is 25.2 Å². The van der Waals surface area contributed by atoms with Gasteiger partial charge in [-0.1, -0.05) is 30.7 Å². The maximum Gasteiger partial charge on any atom is 0.303 e. The molecule has 3 saturated heterocycles. The van der Waals surface area contributed by atoms with Crippen LogP contribution < -0.4 is 10.6 Å². The summed E-state index contributed by atoms with van der Waals surface area (Å²) in [6.45, 7) is 10.7. The van der Waals surface area contributed by atoms with Crippen molar-refractivity contribution < 1.29 is 33.3 Å². The van der Waals surface area contributed by atoms with Crippen molar-refractivity contribution in [3.05, 3.63) is 36.0 Å². The minimum atomic E-state index is -0.457. The molecule has 230 valence electrons. The van der Waals surface area contributed by atoms with Gasteiger partial charge in [0.2, 0.25) is 11.8 Å². The van der Waals surface area contributed by atoms with Crippen molar-refractivity contribution in [2.24, 2.45) is 5.92 Å². The van der Waals surface area contributed by atoms with E-state index in [-0.39, 0.29) is 59.8 Å². The van der Waals surface area contributed by atoms with E-state index in [1.165, 1.54) is 13.0 Å². The van der Waals surface area contributed by atoms with E-state index in [1.807, 2.05) is 13.2 Å². The van der Waals surface area contributed by atoms with Crippen molar-refractivity contribution in [1.29, 1.82) is 0 Å². The highest BCUT2D eigenvalue weighted by atomic mass is 32.2. The number of hydrogen-bond donors (Lipinski definition) is 2. The van der Waals surface area contributed by atoms with Crippen LogP contribution in [0.1, 0.15) is 66.7 Å². The molecule has 3 fully saturated rings. The molecule has 0 aromatic rings. The first kappa shape index (κ1) is 33.4. The highest BCUT2D eigenvalue weighted by molar-refractivity contribution is 7.98. The summed E-state index contributed by atoms with van der Waals surface area (Å²) in [5.41, 5.74) is 0.987. The van der Waals surface area contributed by atoms with Gasteiger partial charge in [0.05, 0.1) is 49.1 Å². The van der Waals surface area contributed by atoms with Crippen LogP contribution in [0.25, 0.3) is 0 Å². The first-order valence-corrected chi connectivity index (χ1v) is 16.1. The van der Waals surface area contributed by atoms with Gasteiger partial charge >= 0.3 is 5.97 Å². The molecule has 3 rings (SSSR count). The molecule has 3 heterocycles. The van der Waals surface area contributed by atoms with Gasteiger partial charge in [0, 0.05) is 38.1 Å². The third-order valence-electron chi connectivity index (χ3n) is 7.79. The molecule has 2 amide bonds. The molecule has 1 spiro atoms. The fourth-order valence-electron chi connectivity index (χ4n) is 5.45. The van der Waals surface area contributed by atoms with Crippen LogP contribution in [0.3, 0.4) is 0 Å². The third-order valence-corrected chi connectivity index (χ3v) is 8.41. The van der Waals surface area contributed by atoms with Gasteiger partial charge in [0.25, 0.3) is 0 Å². The first-order valence-electron chi connectivity index (χ1n) is 14.7. The number of amides is 2. The van der Waals surface area contributed by atoms with Crippen molar-refractivity contribution >= 4 is 29.5 Å². The summed E-state index contributed by atoms with van der Waals surface area (Å²) in [5.74, 6) is 0.595. The van der Waals surface area contributed by atoms with Crippen molar-refractivity contribution in [3.8, 4) is 0 Å². The summed E-state index contributed by atoms with van der Waals surface area (Å²) in [7, 11) is 0. The molecular weight excluding hydrogens is 544 g/mol. The molecule has 0 bridgehead atoms. The van der Waals surface area contributed by atoms with Gasteiger partial charge in [-0.3, -0.25) is 14.4 Å². The van der Waals surface area contributed by atoms with Gasteiger partial charge < -0.3 is 29.6 Å². The Balaban J connectivity index is 1.45. The zero-order valence-corrected chi connectivity index (χ0v) is 26.2. The number of nitrogens with one attached hydrogen (secondary N) is 2. The molecular formula is C31H48N2O7S. The van der Waals surface area contributed by atoms with Crippen molar-refractivity contribution in [2.45, 2.75) is 109 Å². The maximum absolute atomic E-state index is 12.4. The van der Waals surface area contributed by atoms with Crippen LogP contribution in [0, 0.1) is 5.92 Å². The van der Waals surface area contributed by atoms with E-state index in [2.05, 4.69) is 42.7 Å². The summed E-state index contributed by atoms with van der Waals surface area (Å²) < 4.78 is 23.4. The third kappa shape index (κ3) is 11.6. The first-order chi connectivity index (χ1) is 19.5. The minimum absolute atomic E-state index is 0.0310. The summed E-state index contributed by atoms with van der Waals surface area (Å²) in [6.07, 6.45) is 14.2. The zero-order valence-electron chi connectivity index (χ0n) is 25.4. The second-order valence-corrected chi connectivity index (χ2v) is 12.6. The molecule has 2 N–H and O–H groups in total. The molecule has 0 aromatic carbocycles. The zero-order chi connectivity index (χ0) is 30.0. The van der Waals surface area contributed by atoms with E-state index in [0.29, 0.717) is 13.0 Å². The van der Waals surface area contributed by atoms with Crippen LogP contribution in [0.5, 0.6) is 0 Å². The molecule has 3 aliphatic rings. The number of allylic oxidation sites excluding steroid dienone is 2. The molecule has 0 aliphatic carbocycles. The van der Waals surface area contributed by atoms with E-state index in [4.69, 9.17) is 18.9 Å². The predicted molar refractivity (Wildman–Crippen MR) is 161 cm³/mol. The Morgan fingerprint density at radius 1 is 1.15 bits per heavy atom. The van der Waals surface area contributed by atoms with E-state index < -0.39 is 6.10 Å². The van der Waals surface area contributed by atoms with Crippen LogP contribution in [0.15, 0.2) is 36.0 Å². The molecule has 0 radical (unpaired) electrons. The fraction of sp³-hybridized carbons (Fsp3) is 0.710. The Morgan fingerprint density at radius 2 is 1.90 bits per heavy atom. The largest absolute Gasteiger partial charge is 0.459 e. The monoisotopic (exact) mass is 592 g/mol. The lowest BCUT2D eigenvalue weighted by Gasteiger charge is -2.39. The Hall–Kier alpha value is -2.14. The number of carbonyl (C=O) groups is 3. The topological polar surface area (TPSA) is 115 Å². The minimum Gasteiger partial charge on any atom is -0.459 e. The van der Waals surface area contributed by atoms with Gasteiger partial charge in [0.1, 0.15) is 6.10 Å². The molecule has 10 heteroatoms. The predicted octanol–water partition coefficient (Wildman–Crippen LogP) is 3.87. The highest BCUT2D eigenvalue weighted by Crippen LogP contribution is 2.43. The standard InChI is InChI=1S/C31H48N2O7S/c1-20(7-10-25-17-31(19-37-31)18-26(40-25)16-30(36)32-13-14-41-6)8-11-28-21(2)15-27(23(4)39-28)33-29(35)12-9-22(3)38-24(5)34/h7-10,12,21-23,25-28H,11,13-19H2,1-6H3,(H,32,36)(H,33,35)/b10-7+,12-9?,20-8+/t21-,22?,23+,25+,26+,27+,28-,31+/m0/s1. The lowest BCUT2D eigenvalue weighted by atomic mass is 9.88. The summed E-state index contributed by atoms with van der Waals surface area (Å²) >= 11 is 1.71.